The summed E-state index contributed by atoms with van der Waals surface area (Å²) >= 11 is 0. The van der Waals surface area contributed by atoms with Gasteiger partial charge in [0.25, 0.3) is 11.8 Å². The van der Waals surface area contributed by atoms with E-state index >= 15 is 0 Å². The molecule has 10 nitrogen and oxygen atoms in total. The summed E-state index contributed by atoms with van der Waals surface area (Å²) in [5.41, 5.74) is 1.05. The Morgan fingerprint density at radius 3 is 2.29 bits per heavy atom. The van der Waals surface area contributed by atoms with Gasteiger partial charge in [-0.25, -0.2) is 12.7 Å². The minimum Gasteiger partial charge on any atom is -0.482 e. The summed E-state index contributed by atoms with van der Waals surface area (Å²) in [4.78, 5) is 40.9. The first kappa shape index (κ1) is 25.2. The van der Waals surface area contributed by atoms with Crippen molar-refractivity contribution < 1.29 is 27.5 Å². The molecule has 0 spiro atoms. The molecule has 1 heterocycles. The SMILES string of the molecule is CCN(CC)C(=O)CN1C(=O)COc2ccc(NC(=O)c3ccc(S(=O)(=O)N(C)C)cc3)cc21. The highest BCUT2D eigenvalue weighted by Gasteiger charge is 2.29. The molecule has 0 fully saturated rings. The quantitative estimate of drug-likeness (QED) is 0.606. The topological polar surface area (TPSA) is 116 Å². The highest BCUT2D eigenvalue weighted by Crippen LogP contribution is 2.34. The van der Waals surface area contributed by atoms with E-state index in [4.69, 9.17) is 4.74 Å². The fourth-order valence-electron chi connectivity index (χ4n) is 3.46. The van der Waals surface area contributed by atoms with Crippen LogP contribution in [0.5, 0.6) is 5.75 Å². The van der Waals surface area contributed by atoms with Gasteiger partial charge in [0.15, 0.2) is 6.61 Å². The number of fused-ring (bicyclic) bond motifs is 1. The van der Waals surface area contributed by atoms with Crippen molar-refractivity contribution in [3.8, 4) is 5.75 Å². The molecule has 1 N–H and O–H groups in total. The van der Waals surface area contributed by atoms with Crippen LogP contribution >= 0.6 is 0 Å². The maximum absolute atomic E-state index is 12.7. The number of hydrogen-bond acceptors (Lipinski definition) is 6. The van der Waals surface area contributed by atoms with Crippen molar-refractivity contribution in [1.82, 2.24) is 9.21 Å². The number of benzene rings is 2. The van der Waals surface area contributed by atoms with Gasteiger partial charge in [-0.05, 0) is 56.3 Å². The predicted molar refractivity (Wildman–Crippen MR) is 127 cm³/mol. The Morgan fingerprint density at radius 1 is 1.06 bits per heavy atom. The van der Waals surface area contributed by atoms with Gasteiger partial charge in [0.1, 0.15) is 12.3 Å². The third kappa shape index (κ3) is 5.20. The first-order valence-corrected chi connectivity index (χ1v) is 12.2. The Morgan fingerprint density at radius 2 is 1.71 bits per heavy atom. The average Bonchev–Trinajstić information content (AvgIpc) is 2.81. The summed E-state index contributed by atoms with van der Waals surface area (Å²) in [5, 5.41) is 2.74. The molecule has 0 aliphatic carbocycles. The molecule has 3 amide bonds. The second-order valence-corrected chi connectivity index (χ2v) is 9.93. The van der Waals surface area contributed by atoms with E-state index in [2.05, 4.69) is 5.32 Å². The van der Waals surface area contributed by atoms with Crippen LogP contribution in [0.1, 0.15) is 24.2 Å². The van der Waals surface area contributed by atoms with Gasteiger partial charge in [0, 0.05) is 38.4 Å². The molecule has 0 unspecified atom stereocenters. The summed E-state index contributed by atoms with van der Waals surface area (Å²) < 4.78 is 31.0. The normalized spacial score (nSPS) is 13.3. The molecule has 0 aromatic heterocycles. The lowest BCUT2D eigenvalue weighted by Gasteiger charge is -2.31. The monoisotopic (exact) mass is 488 g/mol. The van der Waals surface area contributed by atoms with Crippen molar-refractivity contribution >= 4 is 39.1 Å². The average molecular weight is 489 g/mol. The van der Waals surface area contributed by atoms with Crippen molar-refractivity contribution in [3.63, 3.8) is 0 Å². The van der Waals surface area contributed by atoms with Crippen LogP contribution in [-0.4, -0.2) is 75.7 Å². The van der Waals surface area contributed by atoms with Crippen molar-refractivity contribution in [2.24, 2.45) is 0 Å². The lowest BCUT2D eigenvalue weighted by molar-refractivity contribution is -0.131. The van der Waals surface area contributed by atoms with Crippen LogP contribution in [0, 0.1) is 0 Å². The highest BCUT2D eigenvalue weighted by molar-refractivity contribution is 7.89. The van der Waals surface area contributed by atoms with Crippen molar-refractivity contribution in [3.05, 3.63) is 48.0 Å². The van der Waals surface area contributed by atoms with E-state index in [0.717, 1.165) is 4.31 Å². The molecule has 0 saturated carbocycles. The molecule has 1 aliphatic heterocycles. The lowest BCUT2D eigenvalue weighted by atomic mass is 10.1. The maximum Gasteiger partial charge on any atom is 0.265 e. The number of carbonyl (C=O) groups is 3. The van der Waals surface area contributed by atoms with Gasteiger partial charge in [-0.2, -0.15) is 0 Å². The van der Waals surface area contributed by atoms with Gasteiger partial charge in [-0.15, -0.1) is 0 Å². The Labute approximate surface area is 199 Å². The van der Waals surface area contributed by atoms with E-state index in [9.17, 15) is 22.8 Å². The lowest BCUT2D eigenvalue weighted by Crippen LogP contribution is -2.46. The zero-order chi connectivity index (χ0) is 25.0. The van der Waals surface area contributed by atoms with Gasteiger partial charge >= 0.3 is 0 Å². The van der Waals surface area contributed by atoms with Crippen LogP contribution < -0.4 is 15.0 Å². The fourth-order valence-corrected chi connectivity index (χ4v) is 4.36. The minimum absolute atomic E-state index is 0.0759. The zero-order valence-corrected chi connectivity index (χ0v) is 20.4. The number of sulfonamides is 1. The maximum atomic E-state index is 12.7. The summed E-state index contributed by atoms with van der Waals surface area (Å²) in [5.74, 6) is -0.562. The van der Waals surface area contributed by atoms with Crippen LogP contribution in [-0.2, 0) is 19.6 Å². The summed E-state index contributed by atoms with van der Waals surface area (Å²) in [6, 6.07) is 10.4. The first-order valence-electron chi connectivity index (χ1n) is 10.8. The van der Waals surface area contributed by atoms with Crippen LogP contribution in [0.3, 0.4) is 0 Å². The second-order valence-electron chi connectivity index (χ2n) is 7.78. The molecule has 3 rings (SSSR count). The van der Waals surface area contributed by atoms with Gasteiger partial charge in [-0.1, -0.05) is 0 Å². The van der Waals surface area contributed by atoms with Gasteiger partial charge in [0.2, 0.25) is 15.9 Å². The number of amides is 3. The Bertz CT molecular complexity index is 1190. The van der Waals surface area contributed by atoms with Crippen LogP contribution in [0.2, 0.25) is 0 Å². The molecule has 182 valence electrons. The Hall–Kier alpha value is -3.44. The van der Waals surface area contributed by atoms with Crippen molar-refractivity contribution in [1.29, 1.82) is 0 Å². The van der Waals surface area contributed by atoms with Crippen LogP contribution in [0.15, 0.2) is 47.4 Å². The number of rotatable bonds is 8. The third-order valence-corrected chi connectivity index (χ3v) is 7.29. The first-order chi connectivity index (χ1) is 16.1. The molecule has 2 aromatic rings. The highest BCUT2D eigenvalue weighted by atomic mass is 32.2. The third-order valence-electron chi connectivity index (χ3n) is 5.46. The number of hydrogen-bond donors (Lipinski definition) is 1. The Balaban J connectivity index is 1.81. The van der Waals surface area contributed by atoms with Crippen LogP contribution in [0.25, 0.3) is 0 Å². The van der Waals surface area contributed by atoms with E-state index in [1.165, 1.54) is 43.3 Å². The molecule has 2 aromatic carbocycles. The predicted octanol–water partition coefficient (Wildman–Crippen LogP) is 1.78. The number of anilines is 2. The summed E-state index contributed by atoms with van der Waals surface area (Å²) in [7, 11) is -0.741. The van der Waals surface area contributed by atoms with Gasteiger partial charge < -0.3 is 15.0 Å². The van der Waals surface area contributed by atoms with Crippen molar-refractivity contribution in [2.45, 2.75) is 18.7 Å². The number of nitrogens with one attached hydrogen (secondary N) is 1. The largest absolute Gasteiger partial charge is 0.482 e. The van der Waals surface area contributed by atoms with Gasteiger partial charge in [-0.3, -0.25) is 19.3 Å². The minimum atomic E-state index is -3.60. The molecule has 0 radical (unpaired) electrons. The van der Waals surface area contributed by atoms with E-state index in [0.29, 0.717) is 30.2 Å². The van der Waals surface area contributed by atoms with Crippen molar-refractivity contribution in [2.75, 3.05) is 50.6 Å². The van der Waals surface area contributed by atoms with E-state index in [1.54, 1.807) is 23.1 Å². The molecule has 11 heteroatoms. The number of nitrogens with zero attached hydrogens (tertiary/aromatic N) is 3. The molecule has 0 atom stereocenters. The second kappa shape index (κ2) is 10.2. The number of carbonyl (C=O) groups excluding carboxylic acids is 3. The summed E-state index contributed by atoms with van der Waals surface area (Å²) in [6.45, 7) is 4.50. The fraction of sp³-hybridized carbons (Fsp3) is 0.348. The number of ether oxygens (including phenoxy) is 1. The zero-order valence-electron chi connectivity index (χ0n) is 19.6. The van der Waals surface area contributed by atoms with E-state index in [-0.39, 0.29) is 35.4 Å². The molecule has 34 heavy (non-hydrogen) atoms. The standard InChI is InChI=1S/C23H28N4O6S/c1-5-26(6-2)21(28)14-27-19-13-17(9-12-20(19)33-15-22(27)29)24-23(30)16-7-10-18(11-8-16)34(31,32)25(3)4/h7-13H,5-6,14-15H2,1-4H3,(H,24,30). The van der Waals surface area contributed by atoms with Gasteiger partial charge in [0.05, 0.1) is 10.6 Å². The number of likely N-dealkylation sites (N-methyl/N-ethyl adjacent to an activating group) is 1. The molecule has 0 saturated heterocycles. The van der Waals surface area contributed by atoms with E-state index < -0.39 is 15.9 Å². The smallest absolute Gasteiger partial charge is 0.265 e. The Kier molecular flexibility index (Phi) is 7.57. The molecule has 1 aliphatic rings. The van der Waals surface area contributed by atoms with Crippen LogP contribution in [0.4, 0.5) is 11.4 Å². The van der Waals surface area contributed by atoms with E-state index in [1.807, 2.05) is 13.8 Å². The molecular formula is C23H28N4O6S. The molecular weight excluding hydrogens is 460 g/mol. The summed E-state index contributed by atoms with van der Waals surface area (Å²) in [6.07, 6.45) is 0. The molecule has 0 bridgehead atoms.